The summed E-state index contributed by atoms with van der Waals surface area (Å²) < 4.78 is 4.13. The Balaban J connectivity index is 2.55. The highest BCUT2D eigenvalue weighted by molar-refractivity contribution is 7.99. The summed E-state index contributed by atoms with van der Waals surface area (Å²) in [6, 6.07) is 0. The number of carbonyl (C=O) groups is 1. The maximum Gasteiger partial charge on any atom is 0.332 e. The van der Waals surface area contributed by atoms with Crippen molar-refractivity contribution in [2.45, 2.75) is 44.3 Å². The van der Waals surface area contributed by atoms with Crippen LogP contribution in [0, 0.1) is 0 Å². The van der Waals surface area contributed by atoms with Gasteiger partial charge in [0.05, 0.1) is 5.75 Å². The monoisotopic (exact) mass is 354 g/mol. The normalized spacial score (nSPS) is 11.3. The molecule has 0 aliphatic carbocycles. The Kier molecular flexibility index (Phi) is 5.87. The number of hydrogen-bond acceptors (Lipinski definition) is 5. The Labute approximate surface area is 143 Å². The minimum atomic E-state index is -0.952. The predicted octanol–water partition coefficient (Wildman–Crippen LogP) is 1.19. The number of thioether (sulfide) groups is 1. The molecule has 0 atom stereocenters. The van der Waals surface area contributed by atoms with Gasteiger partial charge in [-0.1, -0.05) is 37.9 Å². The number of carboxylic acid groups (broad SMARTS) is 1. The summed E-state index contributed by atoms with van der Waals surface area (Å²) in [6.45, 7) is 2.69. The van der Waals surface area contributed by atoms with Crippen molar-refractivity contribution in [1.82, 2.24) is 18.7 Å². The number of nitrogens with zero attached hydrogens (tertiary/aromatic N) is 4. The van der Waals surface area contributed by atoms with Crippen LogP contribution in [0.25, 0.3) is 11.2 Å². The first-order valence-electron chi connectivity index (χ1n) is 7.89. The van der Waals surface area contributed by atoms with Crippen molar-refractivity contribution in [3.05, 3.63) is 20.8 Å². The molecule has 0 unspecified atom stereocenters. The molecule has 0 spiro atoms. The third-order valence-corrected chi connectivity index (χ3v) is 4.83. The van der Waals surface area contributed by atoms with E-state index in [1.165, 1.54) is 11.6 Å². The largest absolute Gasteiger partial charge is 0.481 e. The summed E-state index contributed by atoms with van der Waals surface area (Å²) in [7, 11) is 2.99. The smallest absolute Gasteiger partial charge is 0.332 e. The van der Waals surface area contributed by atoms with E-state index >= 15 is 0 Å². The van der Waals surface area contributed by atoms with Crippen LogP contribution in [0.2, 0.25) is 0 Å². The number of aryl methyl sites for hydroxylation is 2. The third kappa shape index (κ3) is 3.55. The lowest BCUT2D eigenvalue weighted by Gasteiger charge is -2.08. The first-order chi connectivity index (χ1) is 11.4. The fraction of sp³-hybridized carbons (Fsp3) is 0.600. The van der Waals surface area contributed by atoms with Crippen molar-refractivity contribution >= 4 is 28.9 Å². The fourth-order valence-electron chi connectivity index (χ4n) is 2.57. The Morgan fingerprint density at radius 2 is 1.88 bits per heavy atom. The lowest BCUT2D eigenvalue weighted by atomic mass is 10.2. The van der Waals surface area contributed by atoms with Crippen LogP contribution in [0.3, 0.4) is 0 Å². The second-order valence-electron chi connectivity index (χ2n) is 5.67. The van der Waals surface area contributed by atoms with Crippen LogP contribution >= 0.6 is 11.8 Å². The van der Waals surface area contributed by atoms with E-state index in [1.54, 1.807) is 11.6 Å². The molecule has 0 aliphatic heterocycles. The van der Waals surface area contributed by atoms with Crippen LogP contribution in [0.15, 0.2) is 14.7 Å². The van der Waals surface area contributed by atoms with Gasteiger partial charge in [0.15, 0.2) is 16.3 Å². The summed E-state index contributed by atoms with van der Waals surface area (Å²) in [5.74, 6) is -1.10. The molecule has 0 amide bonds. The number of aromatic nitrogens is 4. The number of carboxylic acids is 1. The van der Waals surface area contributed by atoms with E-state index in [-0.39, 0.29) is 5.75 Å². The topological polar surface area (TPSA) is 99.1 Å². The van der Waals surface area contributed by atoms with Crippen LogP contribution in [-0.2, 0) is 25.4 Å². The summed E-state index contributed by atoms with van der Waals surface area (Å²) in [5, 5.41) is 9.37. The van der Waals surface area contributed by atoms with Gasteiger partial charge < -0.3 is 9.67 Å². The molecule has 0 radical (unpaired) electrons. The number of hydrogen-bond donors (Lipinski definition) is 1. The molecule has 2 aromatic heterocycles. The first-order valence-corrected chi connectivity index (χ1v) is 8.87. The molecule has 0 aromatic carbocycles. The summed E-state index contributed by atoms with van der Waals surface area (Å²) in [5.41, 5.74) is -0.202. The van der Waals surface area contributed by atoms with Crippen LogP contribution in [-0.4, -0.2) is 35.5 Å². The van der Waals surface area contributed by atoms with E-state index in [0.29, 0.717) is 22.9 Å². The third-order valence-electron chi connectivity index (χ3n) is 3.87. The molecule has 1 N–H and O–H groups in total. The van der Waals surface area contributed by atoms with E-state index in [0.717, 1.165) is 42.0 Å². The van der Waals surface area contributed by atoms with Gasteiger partial charge in [-0.2, -0.15) is 0 Å². The SMILES string of the molecule is CCCCCCn1c(SCC(=O)O)nc2c1c(=O)n(C)c(=O)n2C. The zero-order valence-corrected chi connectivity index (χ0v) is 14.9. The van der Waals surface area contributed by atoms with Crippen molar-refractivity contribution < 1.29 is 9.90 Å². The van der Waals surface area contributed by atoms with E-state index in [1.807, 2.05) is 0 Å². The van der Waals surface area contributed by atoms with E-state index in [4.69, 9.17) is 5.11 Å². The molecule has 2 rings (SSSR count). The molecular formula is C15H22N4O4S. The van der Waals surface area contributed by atoms with Crippen LogP contribution in [0.5, 0.6) is 0 Å². The first kappa shape index (κ1) is 18.3. The molecule has 24 heavy (non-hydrogen) atoms. The maximum atomic E-state index is 12.5. The van der Waals surface area contributed by atoms with Gasteiger partial charge in [0.2, 0.25) is 0 Å². The summed E-state index contributed by atoms with van der Waals surface area (Å²) in [6.07, 6.45) is 4.08. The van der Waals surface area contributed by atoms with Crippen LogP contribution in [0.4, 0.5) is 0 Å². The number of fused-ring (bicyclic) bond motifs is 1. The van der Waals surface area contributed by atoms with Crippen molar-refractivity contribution in [1.29, 1.82) is 0 Å². The van der Waals surface area contributed by atoms with Crippen molar-refractivity contribution in [3.8, 4) is 0 Å². The predicted molar refractivity (Wildman–Crippen MR) is 92.7 cm³/mol. The van der Waals surface area contributed by atoms with E-state index in [9.17, 15) is 14.4 Å². The number of aliphatic carboxylic acids is 1. The molecule has 0 saturated carbocycles. The van der Waals surface area contributed by atoms with E-state index in [2.05, 4.69) is 11.9 Å². The Hall–Kier alpha value is -2.03. The quantitative estimate of drug-likeness (QED) is 0.565. The van der Waals surface area contributed by atoms with Crippen molar-refractivity contribution in [2.24, 2.45) is 14.1 Å². The van der Waals surface area contributed by atoms with E-state index < -0.39 is 17.2 Å². The van der Waals surface area contributed by atoms with Crippen LogP contribution in [0.1, 0.15) is 32.6 Å². The maximum absolute atomic E-state index is 12.5. The Morgan fingerprint density at radius 3 is 2.50 bits per heavy atom. The molecule has 132 valence electrons. The summed E-state index contributed by atoms with van der Waals surface area (Å²) >= 11 is 1.06. The van der Waals surface area contributed by atoms with Gasteiger partial charge in [0.25, 0.3) is 5.56 Å². The summed E-state index contributed by atoms with van der Waals surface area (Å²) in [4.78, 5) is 39.8. The molecule has 0 bridgehead atoms. The molecular weight excluding hydrogens is 332 g/mol. The number of unbranched alkanes of at least 4 members (excludes halogenated alkanes) is 3. The lowest BCUT2D eigenvalue weighted by Crippen LogP contribution is -2.37. The highest BCUT2D eigenvalue weighted by atomic mass is 32.2. The van der Waals surface area contributed by atoms with Gasteiger partial charge >= 0.3 is 11.7 Å². The molecule has 0 fully saturated rings. The highest BCUT2D eigenvalue weighted by Gasteiger charge is 2.19. The number of imidazole rings is 1. The second kappa shape index (κ2) is 7.69. The fourth-order valence-corrected chi connectivity index (χ4v) is 3.31. The van der Waals surface area contributed by atoms with Crippen molar-refractivity contribution in [2.75, 3.05) is 5.75 Å². The van der Waals surface area contributed by atoms with Gasteiger partial charge in [-0.15, -0.1) is 0 Å². The molecule has 2 aromatic rings. The standard InChI is InChI=1S/C15H22N4O4S/c1-4-5-6-7-8-19-11-12(16-14(19)24-9-10(20)21)17(2)15(23)18(3)13(11)22/h4-9H2,1-3H3,(H,20,21). The Bertz CT molecular complexity index is 865. The minimum Gasteiger partial charge on any atom is -0.481 e. The second-order valence-corrected chi connectivity index (χ2v) is 6.61. The molecule has 0 saturated heterocycles. The molecule has 0 aliphatic rings. The Morgan fingerprint density at radius 1 is 1.17 bits per heavy atom. The molecule has 9 heteroatoms. The van der Waals surface area contributed by atoms with Gasteiger partial charge in [-0.3, -0.25) is 18.7 Å². The molecule has 2 heterocycles. The molecule has 8 nitrogen and oxygen atoms in total. The van der Waals surface area contributed by atoms with Gasteiger partial charge in [-0.05, 0) is 6.42 Å². The lowest BCUT2D eigenvalue weighted by molar-refractivity contribution is -0.133. The van der Waals surface area contributed by atoms with Gasteiger partial charge in [-0.25, -0.2) is 9.78 Å². The van der Waals surface area contributed by atoms with Crippen LogP contribution < -0.4 is 11.2 Å². The number of rotatable bonds is 8. The van der Waals surface area contributed by atoms with Crippen molar-refractivity contribution in [3.63, 3.8) is 0 Å². The van der Waals surface area contributed by atoms with Gasteiger partial charge in [0.1, 0.15) is 0 Å². The zero-order chi connectivity index (χ0) is 17.9. The average molecular weight is 354 g/mol. The highest BCUT2D eigenvalue weighted by Crippen LogP contribution is 2.22. The van der Waals surface area contributed by atoms with Gasteiger partial charge in [0, 0.05) is 20.6 Å². The minimum absolute atomic E-state index is 0.146. The zero-order valence-electron chi connectivity index (χ0n) is 14.1. The average Bonchev–Trinajstić information content (AvgIpc) is 2.91.